The van der Waals surface area contributed by atoms with Crippen molar-refractivity contribution < 1.29 is 14.9 Å². The minimum Gasteiger partial charge on any atom is -0.396 e. The molecule has 1 fully saturated rings. The number of aliphatic hydroxyl groups excluding tert-OH is 2. The van der Waals surface area contributed by atoms with Gasteiger partial charge in [0, 0.05) is 32.2 Å². The Labute approximate surface area is 139 Å². The Kier molecular flexibility index (Phi) is 4.83. The van der Waals surface area contributed by atoms with E-state index in [0.717, 1.165) is 6.42 Å². The highest BCUT2D eigenvalue weighted by atomic mass is 16.5. The highest BCUT2D eigenvalue weighted by Gasteiger charge is 2.42. The number of fused-ring (bicyclic) bond motifs is 1. The number of anilines is 2. The summed E-state index contributed by atoms with van der Waals surface area (Å²) < 4.78 is 5.10. The fraction of sp³-hybridized carbons (Fsp3) is 0.667. The van der Waals surface area contributed by atoms with Crippen molar-refractivity contribution in [2.24, 2.45) is 5.41 Å². The number of imidazole rings is 1. The first kappa shape index (κ1) is 16.9. The maximum Gasteiger partial charge on any atom is 0.224 e. The maximum atomic E-state index is 10.5. The predicted octanol–water partition coefficient (Wildman–Crippen LogP) is -0.0886. The lowest BCUT2D eigenvalue weighted by Crippen LogP contribution is -2.54. The molecule has 9 heteroatoms. The number of rotatable bonds is 6. The van der Waals surface area contributed by atoms with E-state index in [1.807, 2.05) is 4.90 Å². The molecule has 0 spiro atoms. The number of nitrogens with one attached hydrogen (secondary N) is 1. The zero-order valence-corrected chi connectivity index (χ0v) is 13.8. The lowest BCUT2D eigenvalue weighted by Gasteiger charge is -2.45. The van der Waals surface area contributed by atoms with Crippen LogP contribution < -0.4 is 10.6 Å². The van der Waals surface area contributed by atoms with Gasteiger partial charge in [0.25, 0.3) is 0 Å². The Balaban J connectivity index is 1.89. The lowest BCUT2D eigenvalue weighted by atomic mass is 9.74. The van der Waals surface area contributed by atoms with Crippen molar-refractivity contribution in [3.05, 3.63) is 6.33 Å². The highest BCUT2D eigenvalue weighted by Crippen LogP contribution is 2.37. The molecule has 0 saturated carbocycles. The number of hydrogen-bond donors (Lipinski definition) is 4. The molecule has 0 amide bonds. The number of ether oxygens (including phenoxy) is 1. The standard InChI is InChI=1S/C15H24N6O3/c1-24-6-2-4-15(8-22)7-21(5-3-10(15)23)13-11-12(18-9-17-11)19-14(16)20-13/h9-10,22-23H,2-8H2,1H3,(H3,16,17,18,19,20)/t10-,15+/m1/s1. The molecular formula is C15H24N6O3. The molecule has 2 aromatic rings. The van der Waals surface area contributed by atoms with Crippen LogP contribution in [0.15, 0.2) is 6.33 Å². The van der Waals surface area contributed by atoms with Gasteiger partial charge in [-0.25, -0.2) is 4.98 Å². The van der Waals surface area contributed by atoms with Crippen molar-refractivity contribution >= 4 is 22.9 Å². The first-order valence-corrected chi connectivity index (χ1v) is 8.09. The van der Waals surface area contributed by atoms with Gasteiger partial charge >= 0.3 is 0 Å². The lowest BCUT2D eigenvalue weighted by molar-refractivity contribution is -0.0387. The van der Waals surface area contributed by atoms with E-state index >= 15 is 0 Å². The predicted molar refractivity (Wildman–Crippen MR) is 89.6 cm³/mol. The second-order valence-electron chi connectivity index (χ2n) is 6.35. The fourth-order valence-electron chi connectivity index (χ4n) is 3.44. The van der Waals surface area contributed by atoms with Gasteiger partial charge < -0.3 is 30.6 Å². The zero-order chi connectivity index (χ0) is 17.2. The van der Waals surface area contributed by atoms with Gasteiger partial charge in [-0.15, -0.1) is 0 Å². The van der Waals surface area contributed by atoms with Gasteiger partial charge in [-0.1, -0.05) is 0 Å². The van der Waals surface area contributed by atoms with E-state index < -0.39 is 11.5 Å². The number of piperidine rings is 1. The van der Waals surface area contributed by atoms with Crippen LogP contribution in [0.3, 0.4) is 0 Å². The Morgan fingerprint density at radius 1 is 1.50 bits per heavy atom. The molecule has 5 N–H and O–H groups in total. The van der Waals surface area contributed by atoms with Crippen molar-refractivity contribution in [3.63, 3.8) is 0 Å². The quantitative estimate of drug-likeness (QED) is 0.538. The number of nitrogens with two attached hydrogens (primary N) is 1. The van der Waals surface area contributed by atoms with Gasteiger partial charge in [0.1, 0.15) is 5.52 Å². The van der Waals surface area contributed by atoms with Gasteiger partial charge in [-0.2, -0.15) is 9.97 Å². The molecule has 1 saturated heterocycles. The number of nitrogen functional groups attached to an aromatic ring is 1. The molecule has 2 aromatic heterocycles. The van der Waals surface area contributed by atoms with Crippen LogP contribution in [-0.4, -0.2) is 69.7 Å². The summed E-state index contributed by atoms with van der Waals surface area (Å²) in [7, 11) is 1.65. The van der Waals surface area contributed by atoms with Crippen LogP contribution in [-0.2, 0) is 4.74 Å². The average molecular weight is 336 g/mol. The van der Waals surface area contributed by atoms with Gasteiger partial charge in [0.2, 0.25) is 5.95 Å². The van der Waals surface area contributed by atoms with Gasteiger partial charge in [-0.3, -0.25) is 0 Å². The highest BCUT2D eigenvalue weighted by molar-refractivity contribution is 5.84. The molecule has 3 heterocycles. The molecule has 3 rings (SSSR count). The summed E-state index contributed by atoms with van der Waals surface area (Å²) >= 11 is 0. The average Bonchev–Trinajstić information content (AvgIpc) is 3.04. The molecule has 1 aliphatic rings. The number of hydrogen-bond acceptors (Lipinski definition) is 8. The van der Waals surface area contributed by atoms with E-state index in [9.17, 15) is 10.2 Å². The molecule has 9 nitrogen and oxygen atoms in total. The Morgan fingerprint density at radius 2 is 2.33 bits per heavy atom. The first-order chi connectivity index (χ1) is 11.6. The number of H-pyrrole nitrogens is 1. The number of methoxy groups -OCH3 is 1. The maximum absolute atomic E-state index is 10.5. The molecule has 0 aliphatic carbocycles. The minimum absolute atomic E-state index is 0.0962. The third kappa shape index (κ3) is 3.02. The third-order valence-corrected chi connectivity index (χ3v) is 4.81. The Hall–Kier alpha value is -1.97. The van der Waals surface area contributed by atoms with E-state index in [1.165, 1.54) is 0 Å². The van der Waals surface area contributed by atoms with Crippen LogP contribution in [0, 0.1) is 5.41 Å². The van der Waals surface area contributed by atoms with E-state index in [0.29, 0.717) is 49.5 Å². The van der Waals surface area contributed by atoms with Crippen LogP contribution in [0.1, 0.15) is 19.3 Å². The third-order valence-electron chi connectivity index (χ3n) is 4.81. The topological polar surface area (TPSA) is 133 Å². The fourth-order valence-corrected chi connectivity index (χ4v) is 3.44. The summed E-state index contributed by atoms with van der Waals surface area (Å²) in [5.41, 5.74) is 6.41. The molecule has 0 radical (unpaired) electrons. The smallest absolute Gasteiger partial charge is 0.224 e. The second kappa shape index (κ2) is 6.88. The van der Waals surface area contributed by atoms with Crippen molar-refractivity contribution in [1.29, 1.82) is 0 Å². The number of aromatic nitrogens is 4. The largest absolute Gasteiger partial charge is 0.396 e. The normalized spacial score (nSPS) is 24.6. The summed E-state index contributed by atoms with van der Waals surface area (Å²) in [5, 5.41) is 20.5. The summed E-state index contributed by atoms with van der Waals surface area (Å²) in [4.78, 5) is 17.7. The van der Waals surface area contributed by atoms with Crippen LogP contribution in [0.25, 0.3) is 11.2 Å². The molecule has 24 heavy (non-hydrogen) atoms. The molecule has 2 atom stereocenters. The van der Waals surface area contributed by atoms with E-state index in [-0.39, 0.29) is 12.6 Å². The van der Waals surface area contributed by atoms with Crippen molar-refractivity contribution in [3.8, 4) is 0 Å². The van der Waals surface area contributed by atoms with Crippen LogP contribution in [0.5, 0.6) is 0 Å². The molecule has 0 unspecified atom stereocenters. The molecule has 0 bridgehead atoms. The van der Waals surface area contributed by atoms with Crippen molar-refractivity contribution in [2.45, 2.75) is 25.4 Å². The molecule has 1 aliphatic heterocycles. The van der Waals surface area contributed by atoms with Crippen LogP contribution in [0.4, 0.5) is 11.8 Å². The summed E-state index contributed by atoms with van der Waals surface area (Å²) in [6.45, 7) is 1.61. The van der Waals surface area contributed by atoms with E-state index in [4.69, 9.17) is 10.5 Å². The van der Waals surface area contributed by atoms with Crippen molar-refractivity contribution in [1.82, 2.24) is 19.9 Å². The summed E-state index contributed by atoms with van der Waals surface area (Å²) in [6.07, 6.45) is 2.98. The zero-order valence-electron chi connectivity index (χ0n) is 13.8. The van der Waals surface area contributed by atoms with Crippen LogP contribution >= 0.6 is 0 Å². The van der Waals surface area contributed by atoms with E-state index in [2.05, 4.69) is 19.9 Å². The SMILES string of the molecule is COCCC[C@@]1(CO)CN(c2nc(N)nc3nc[nH]c23)CC[C@H]1O. The van der Waals surface area contributed by atoms with E-state index in [1.54, 1.807) is 13.4 Å². The number of aromatic amines is 1. The first-order valence-electron chi connectivity index (χ1n) is 8.09. The number of aliphatic hydroxyl groups is 2. The molecule has 0 aromatic carbocycles. The molecule has 132 valence electrons. The Bertz CT molecular complexity index is 693. The minimum atomic E-state index is -0.608. The summed E-state index contributed by atoms with van der Waals surface area (Å²) in [6, 6.07) is 0. The Morgan fingerprint density at radius 3 is 3.08 bits per heavy atom. The van der Waals surface area contributed by atoms with Crippen molar-refractivity contribution in [2.75, 3.05) is 44.0 Å². The summed E-state index contributed by atoms with van der Waals surface area (Å²) in [5.74, 6) is 0.816. The van der Waals surface area contributed by atoms with Gasteiger partial charge in [0.15, 0.2) is 11.5 Å². The molecular weight excluding hydrogens is 312 g/mol. The van der Waals surface area contributed by atoms with Crippen LogP contribution in [0.2, 0.25) is 0 Å². The second-order valence-corrected chi connectivity index (χ2v) is 6.35. The van der Waals surface area contributed by atoms with Gasteiger partial charge in [-0.05, 0) is 19.3 Å². The monoisotopic (exact) mass is 336 g/mol. The van der Waals surface area contributed by atoms with Gasteiger partial charge in [0.05, 0.1) is 19.0 Å². The number of nitrogens with zero attached hydrogens (tertiary/aromatic N) is 4.